The third-order valence-corrected chi connectivity index (χ3v) is 5.39. The maximum atomic E-state index is 12.4. The first-order valence-electron chi connectivity index (χ1n) is 8.98. The van der Waals surface area contributed by atoms with Gasteiger partial charge in [-0.15, -0.1) is 0 Å². The Labute approximate surface area is 148 Å². The van der Waals surface area contributed by atoms with Crippen LogP contribution in [0.3, 0.4) is 0 Å². The molecule has 4 rings (SSSR count). The van der Waals surface area contributed by atoms with Crippen molar-refractivity contribution in [2.45, 2.75) is 38.5 Å². The number of carbonyl (C=O) groups is 1. The molecule has 128 valence electrons. The van der Waals surface area contributed by atoms with Crippen LogP contribution >= 0.6 is 0 Å². The van der Waals surface area contributed by atoms with Crippen LogP contribution in [-0.2, 0) is 4.79 Å². The van der Waals surface area contributed by atoms with E-state index in [9.17, 15) is 4.79 Å². The summed E-state index contributed by atoms with van der Waals surface area (Å²) in [6, 6.07) is 12.2. The molecule has 1 N–H and O–H groups in total. The van der Waals surface area contributed by atoms with Crippen LogP contribution in [0.5, 0.6) is 5.75 Å². The molecule has 2 aromatic rings. The summed E-state index contributed by atoms with van der Waals surface area (Å²) in [5.41, 5.74) is 6.12. The number of amides is 1. The first kappa shape index (κ1) is 15.9. The van der Waals surface area contributed by atoms with Crippen molar-refractivity contribution in [3.63, 3.8) is 0 Å². The Morgan fingerprint density at radius 3 is 2.72 bits per heavy atom. The molecule has 1 aliphatic carbocycles. The van der Waals surface area contributed by atoms with Gasteiger partial charge in [-0.1, -0.05) is 31.0 Å². The zero-order chi connectivity index (χ0) is 17.4. The Morgan fingerprint density at radius 2 is 1.96 bits per heavy atom. The van der Waals surface area contributed by atoms with Gasteiger partial charge in [0.15, 0.2) is 0 Å². The second-order valence-electron chi connectivity index (χ2n) is 6.99. The second-order valence-corrected chi connectivity index (χ2v) is 6.99. The Hall–Kier alpha value is -2.55. The molecule has 0 bridgehead atoms. The van der Waals surface area contributed by atoms with Crippen LogP contribution in [-0.4, -0.2) is 13.0 Å². The van der Waals surface area contributed by atoms with Crippen LogP contribution in [0.1, 0.15) is 53.9 Å². The number of nitrogens with one attached hydrogen (secondary N) is 1. The summed E-state index contributed by atoms with van der Waals surface area (Å²) in [6.45, 7) is 2.05. The van der Waals surface area contributed by atoms with Gasteiger partial charge in [-0.2, -0.15) is 0 Å². The Bertz CT molecular complexity index is 860. The summed E-state index contributed by atoms with van der Waals surface area (Å²) in [4.78, 5) is 12.4. The molecular weight excluding hydrogens is 310 g/mol. The van der Waals surface area contributed by atoms with Gasteiger partial charge in [0, 0.05) is 16.8 Å². The van der Waals surface area contributed by atoms with Crippen molar-refractivity contribution in [3.05, 3.63) is 58.7 Å². The first-order chi connectivity index (χ1) is 12.2. The van der Waals surface area contributed by atoms with Crippen molar-refractivity contribution < 1.29 is 9.53 Å². The molecule has 0 radical (unpaired) electrons. The fourth-order valence-electron chi connectivity index (χ4n) is 4.14. The van der Waals surface area contributed by atoms with Crippen molar-refractivity contribution in [1.29, 1.82) is 0 Å². The summed E-state index contributed by atoms with van der Waals surface area (Å²) in [6.07, 6.45) is 7.02. The fraction of sp³-hybridized carbons (Fsp3) is 0.318. The van der Waals surface area contributed by atoms with Crippen LogP contribution < -0.4 is 10.1 Å². The van der Waals surface area contributed by atoms with Gasteiger partial charge in [0.25, 0.3) is 5.91 Å². The van der Waals surface area contributed by atoms with E-state index < -0.39 is 0 Å². The van der Waals surface area contributed by atoms with E-state index in [0.717, 1.165) is 33.7 Å². The lowest BCUT2D eigenvalue weighted by atomic mass is 9.93. The van der Waals surface area contributed by atoms with Gasteiger partial charge < -0.3 is 10.1 Å². The molecule has 0 saturated heterocycles. The van der Waals surface area contributed by atoms with E-state index in [1.165, 1.54) is 31.2 Å². The average Bonchev–Trinajstić information content (AvgIpc) is 3.24. The van der Waals surface area contributed by atoms with Gasteiger partial charge >= 0.3 is 0 Å². The van der Waals surface area contributed by atoms with Crippen LogP contribution in [0, 0.1) is 6.92 Å². The highest BCUT2D eigenvalue weighted by Gasteiger charge is 2.26. The molecule has 0 spiro atoms. The highest BCUT2D eigenvalue weighted by atomic mass is 16.5. The Kier molecular flexibility index (Phi) is 4.08. The number of anilines is 1. The molecule has 0 aromatic heterocycles. The SMILES string of the molecule is COc1ccc(/C=C2/C(=O)Nc3cccc(C)c32)cc1C1CCCC1. The van der Waals surface area contributed by atoms with E-state index in [0.29, 0.717) is 5.92 Å². The van der Waals surface area contributed by atoms with Crippen LogP contribution in [0.4, 0.5) is 5.69 Å². The van der Waals surface area contributed by atoms with Crippen molar-refractivity contribution >= 4 is 23.2 Å². The zero-order valence-electron chi connectivity index (χ0n) is 14.8. The smallest absolute Gasteiger partial charge is 0.256 e. The summed E-state index contributed by atoms with van der Waals surface area (Å²) >= 11 is 0. The van der Waals surface area contributed by atoms with Gasteiger partial charge in [0.05, 0.1) is 7.11 Å². The molecule has 1 saturated carbocycles. The first-order valence-corrected chi connectivity index (χ1v) is 8.98. The fourth-order valence-corrected chi connectivity index (χ4v) is 4.14. The van der Waals surface area contributed by atoms with Crippen molar-refractivity contribution in [1.82, 2.24) is 0 Å². The highest BCUT2D eigenvalue weighted by molar-refractivity contribution is 6.35. The Balaban J connectivity index is 1.77. The molecule has 0 atom stereocenters. The zero-order valence-corrected chi connectivity index (χ0v) is 14.8. The number of methoxy groups -OCH3 is 1. The molecule has 1 amide bonds. The van der Waals surface area contributed by atoms with Crippen molar-refractivity contribution in [2.24, 2.45) is 0 Å². The molecule has 1 aliphatic heterocycles. The van der Waals surface area contributed by atoms with Crippen molar-refractivity contribution in [2.75, 3.05) is 12.4 Å². The molecule has 2 aromatic carbocycles. The van der Waals surface area contributed by atoms with E-state index in [1.54, 1.807) is 7.11 Å². The largest absolute Gasteiger partial charge is 0.496 e. The molecule has 3 nitrogen and oxygen atoms in total. The quantitative estimate of drug-likeness (QED) is 0.789. The lowest BCUT2D eigenvalue weighted by Gasteiger charge is -2.15. The Morgan fingerprint density at radius 1 is 1.16 bits per heavy atom. The minimum absolute atomic E-state index is 0.0254. The highest BCUT2D eigenvalue weighted by Crippen LogP contribution is 2.40. The lowest BCUT2D eigenvalue weighted by molar-refractivity contribution is -0.110. The lowest BCUT2D eigenvalue weighted by Crippen LogP contribution is -2.03. The molecule has 1 heterocycles. The van der Waals surface area contributed by atoms with Crippen LogP contribution in [0.15, 0.2) is 36.4 Å². The predicted molar refractivity (Wildman–Crippen MR) is 102 cm³/mol. The summed E-state index contributed by atoms with van der Waals surface area (Å²) in [5.74, 6) is 1.50. The third kappa shape index (κ3) is 2.84. The van der Waals surface area contributed by atoms with Gasteiger partial charge in [0.2, 0.25) is 0 Å². The van der Waals surface area contributed by atoms with E-state index in [-0.39, 0.29) is 5.91 Å². The van der Waals surface area contributed by atoms with Gasteiger partial charge in [-0.05, 0) is 66.6 Å². The van der Waals surface area contributed by atoms with Gasteiger partial charge in [-0.25, -0.2) is 0 Å². The predicted octanol–water partition coefficient (Wildman–Crippen LogP) is 5.15. The third-order valence-electron chi connectivity index (χ3n) is 5.39. The topological polar surface area (TPSA) is 38.3 Å². The number of aryl methyl sites for hydroxylation is 1. The van der Waals surface area contributed by atoms with E-state index >= 15 is 0 Å². The molecular formula is C22H23NO2. The van der Waals surface area contributed by atoms with E-state index in [4.69, 9.17) is 4.74 Å². The number of hydrogen-bond acceptors (Lipinski definition) is 2. The summed E-state index contributed by atoms with van der Waals surface area (Å²) in [5, 5.41) is 2.97. The van der Waals surface area contributed by atoms with Crippen molar-refractivity contribution in [3.8, 4) is 5.75 Å². The number of hydrogen-bond donors (Lipinski definition) is 1. The number of rotatable bonds is 3. The van der Waals surface area contributed by atoms with Crippen LogP contribution in [0.2, 0.25) is 0 Å². The van der Waals surface area contributed by atoms with Gasteiger partial charge in [0.1, 0.15) is 5.75 Å². The van der Waals surface area contributed by atoms with E-state index in [1.807, 2.05) is 43.3 Å². The summed E-state index contributed by atoms with van der Waals surface area (Å²) in [7, 11) is 1.73. The summed E-state index contributed by atoms with van der Waals surface area (Å²) < 4.78 is 5.58. The molecule has 3 heteroatoms. The maximum Gasteiger partial charge on any atom is 0.256 e. The minimum atomic E-state index is -0.0254. The van der Waals surface area contributed by atoms with E-state index in [2.05, 4.69) is 11.4 Å². The minimum Gasteiger partial charge on any atom is -0.496 e. The maximum absolute atomic E-state index is 12.4. The number of benzene rings is 2. The van der Waals surface area contributed by atoms with Gasteiger partial charge in [-0.3, -0.25) is 4.79 Å². The van der Waals surface area contributed by atoms with Crippen LogP contribution in [0.25, 0.3) is 11.6 Å². The molecule has 0 unspecified atom stereocenters. The number of carbonyl (C=O) groups excluding carboxylic acids is 1. The number of fused-ring (bicyclic) bond motifs is 1. The monoisotopic (exact) mass is 333 g/mol. The molecule has 25 heavy (non-hydrogen) atoms. The second kappa shape index (κ2) is 6.40. The average molecular weight is 333 g/mol. The molecule has 2 aliphatic rings. The normalized spacial score (nSPS) is 18.5. The molecule has 1 fully saturated rings. The number of ether oxygens (including phenoxy) is 1. The standard InChI is InChI=1S/C22H23NO2/c1-14-6-5-9-19-21(14)18(22(24)23-19)13-15-10-11-20(25-2)17(12-15)16-7-3-4-8-16/h5-6,9-13,16H,3-4,7-8H2,1-2H3,(H,23,24)/b18-13+.